The standard InChI is InChI=1S/C15H18N2OS/c1-2-3-7-14(18)17-11-12-5-4-6-13(10-12)15-16-8-9-19-15/h4-6,8-10H,2-3,7,11H2,1H3,(H,17,18). The lowest BCUT2D eigenvalue weighted by Gasteiger charge is -2.06. The fourth-order valence-corrected chi connectivity index (χ4v) is 2.44. The van der Waals surface area contributed by atoms with Gasteiger partial charge in [0, 0.05) is 30.1 Å². The molecule has 0 unspecified atom stereocenters. The van der Waals surface area contributed by atoms with Crippen molar-refractivity contribution in [2.45, 2.75) is 32.7 Å². The van der Waals surface area contributed by atoms with Crippen LogP contribution in [-0.2, 0) is 11.3 Å². The minimum absolute atomic E-state index is 0.126. The SMILES string of the molecule is CCCCC(=O)NCc1cccc(-c2nccs2)c1. The number of benzene rings is 1. The first-order valence-electron chi connectivity index (χ1n) is 6.55. The Morgan fingerprint density at radius 2 is 2.32 bits per heavy atom. The molecule has 0 spiro atoms. The molecule has 1 aromatic heterocycles. The number of aromatic nitrogens is 1. The third kappa shape index (κ3) is 4.17. The van der Waals surface area contributed by atoms with Crippen LogP contribution in [0.25, 0.3) is 10.6 Å². The van der Waals surface area contributed by atoms with Crippen LogP contribution in [0.5, 0.6) is 0 Å². The van der Waals surface area contributed by atoms with Crippen LogP contribution in [0.15, 0.2) is 35.8 Å². The highest BCUT2D eigenvalue weighted by molar-refractivity contribution is 7.13. The topological polar surface area (TPSA) is 42.0 Å². The summed E-state index contributed by atoms with van der Waals surface area (Å²) >= 11 is 1.62. The molecule has 3 nitrogen and oxygen atoms in total. The summed E-state index contributed by atoms with van der Waals surface area (Å²) in [5.41, 5.74) is 2.22. The second-order valence-corrected chi connectivity index (χ2v) is 5.31. The molecule has 1 amide bonds. The molecule has 1 aromatic carbocycles. The van der Waals surface area contributed by atoms with E-state index in [1.165, 1.54) is 0 Å². The van der Waals surface area contributed by atoms with Crippen molar-refractivity contribution in [3.8, 4) is 10.6 Å². The van der Waals surface area contributed by atoms with Crippen LogP contribution in [0.3, 0.4) is 0 Å². The summed E-state index contributed by atoms with van der Waals surface area (Å²) in [5, 5.41) is 5.93. The average molecular weight is 274 g/mol. The van der Waals surface area contributed by atoms with Gasteiger partial charge in [0.05, 0.1) is 0 Å². The molecule has 1 N–H and O–H groups in total. The highest BCUT2D eigenvalue weighted by atomic mass is 32.1. The molecule has 0 saturated heterocycles. The molecular weight excluding hydrogens is 256 g/mol. The smallest absolute Gasteiger partial charge is 0.220 e. The second kappa shape index (κ2) is 7.04. The van der Waals surface area contributed by atoms with E-state index in [0.29, 0.717) is 13.0 Å². The van der Waals surface area contributed by atoms with E-state index in [4.69, 9.17) is 0 Å². The molecule has 0 aliphatic carbocycles. The first-order valence-corrected chi connectivity index (χ1v) is 7.43. The van der Waals surface area contributed by atoms with E-state index in [1.54, 1.807) is 17.5 Å². The van der Waals surface area contributed by atoms with Crippen molar-refractivity contribution >= 4 is 17.2 Å². The minimum atomic E-state index is 0.126. The molecule has 0 bridgehead atoms. The van der Waals surface area contributed by atoms with E-state index >= 15 is 0 Å². The van der Waals surface area contributed by atoms with Crippen LogP contribution in [0.4, 0.5) is 0 Å². The Kier molecular flexibility index (Phi) is 5.10. The molecule has 2 aromatic rings. The third-order valence-corrected chi connectivity index (χ3v) is 3.68. The Hall–Kier alpha value is -1.68. The van der Waals surface area contributed by atoms with Crippen LogP contribution >= 0.6 is 11.3 Å². The van der Waals surface area contributed by atoms with E-state index in [-0.39, 0.29) is 5.91 Å². The van der Waals surface area contributed by atoms with E-state index in [9.17, 15) is 4.79 Å². The highest BCUT2D eigenvalue weighted by Gasteiger charge is 2.03. The summed E-state index contributed by atoms with van der Waals surface area (Å²) in [6.07, 6.45) is 4.42. The number of hydrogen-bond acceptors (Lipinski definition) is 3. The Labute approximate surface area is 117 Å². The number of unbranched alkanes of at least 4 members (excludes halogenated alkanes) is 1. The summed E-state index contributed by atoms with van der Waals surface area (Å²) in [7, 11) is 0. The molecule has 4 heteroatoms. The minimum Gasteiger partial charge on any atom is -0.352 e. The van der Waals surface area contributed by atoms with Gasteiger partial charge in [0.1, 0.15) is 5.01 Å². The maximum Gasteiger partial charge on any atom is 0.220 e. The largest absolute Gasteiger partial charge is 0.352 e. The summed E-state index contributed by atoms with van der Waals surface area (Å²) in [5.74, 6) is 0.126. The van der Waals surface area contributed by atoms with Gasteiger partial charge in [-0.3, -0.25) is 4.79 Å². The van der Waals surface area contributed by atoms with Gasteiger partial charge in [0.15, 0.2) is 0 Å². The normalized spacial score (nSPS) is 10.4. The lowest BCUT2D eigenvalue weighted by atomic mass is 10.1. The van der Waals surface area contributed by atoms with Crippen molar-refractivity contribution in [2.24, 2.45) is 0 Å². The first-order chi connectivity index (χ1) is 9.29. The van der Waals surface area contributed by atoms with Crippen molar-refractivity contribution in [2.75, 3.05) is 0 Å². The fourth-order valence-electron chi connectivity index (χ4n) is 1.81. The zero-order valence-corrected chi connectivity index (χ0v) is 11.9. The molecule has 100 valence electrons. The van der Waals surface area contributed by atoms with Gasteiger partial charge in [-0.1, -0.05) is 31.5 Å². The number of amides is 1. The maximum absolute atomic E-state index is 11.6. The quantitative estimate of drug-likeness (QED) is 0.874. The van der Waals surface area contributed by atoms with Crippen molar-refractivity contribution in [1.29, 1.82) is 0 Å². The van der Waals surface area contributed by atoms with Crippen molar-refractivity contribution < 1.29 is 4.79 Å². The predicted molar refractivity (Wildman–Crippen MR) is 78.9 cm³/mol. The first kappa shape index (κ1) is 13.7. The van der Waals surface area contributed by atoms with E-state index in [1.807, 2.05) is 23.6 Å². The molecule has 0 fully saturated rings. The number of nitrogens with zero attached hydrogens (tertiary/aromatic N) is 1. The van der Waals surface area contributed by atoms with Crippen molar-refractivity contribution in [1.82, 2.24) is 10.3 Å². The summed E-state index contributed by atoms with van der Waals surface area (Å²) < 4.78 is 0. The summed E-state index contributed by atoms with van der Waals surface area (Å²) in [4.78, 5) is 15.9. The van der Waals surface area contributed by atoms with Gasteiger partial charge in [0.25, 0.3) is 0 Å². The van der Waals surface area contributed by atoms with Gasteiger partial charge in [-0.25, -0.2) is 4.98 Å². The van der Waals surface area contributed by atoms with Crippen LogP contribution in [-0.4, -0.2) is 10.9 Å². The number of nitrogens with one attached hydrogen (secondary N) is 1. The van der Waals surface area contributed by atoms with Crippen molar-refractivity contribution in [3.63, 3.8) is 0 Å². The fraction of sp³-hybridized carbons (Fsp3) is 0.333. The van der Waals surface area contributed by atoms with E-state index < -0.39 is 0 Å². The van der Waals surface area contributed by atoms with Crippen LogP contribution in [0.2, 0.25) is 0 Å². The Balaban J connectivity index is 1.94. The van der Waals surface area contributed by atoms with E-state index in [0.717, 1.165) is 29.0 Å². The van der Waals surface area contributed by atoms with Crippen LogP contribution in [0.1, 0.15) is 31.7 Å². The molecule has 0 atom stereocenters. The molecule has 19 heavy (non-hydrogen) atoms. The van der Waals surface area contributed by atoms with Gasteiger partial charge in [-0.2, -0.15) is 0 Å². The molecular formula is C15H18N2OS. The molecule has 1 heterocycles. The second-order valence-electron chi connectivity index (χ2n) is 4.42. The maximum atomic E-state index is 11.6. The highest BCUT2D eigenvalue weighted by Crippen LogP contribution is 2.22. The van der Waals surface area contributed by atoms with Gasteiger partial charge in [0.2, 0.25) is 5.91 Å². The van der Waals surface area contributed by atoms with Gasteiger partial charge < -0.3 is 5.32 Å². The molecule has 2 rings (SSSR count). The van der Waals surface area contributed by atoms with Gasteiger partial charge in [-0.15, -0.1) is 11.3 Å². The zero-order chi connectivity index (χ0) is 13.5. The van der Waals surface area contributed by atoms with Gasteiger partial charge >= 0.3 is 0 Å². The van der Waals surface area contributed by atoms with Crippen LogP contribution < -0.4 is 5.32 Å². The van der Waals surface area contributed by atoms with Crippen molar-refractivity contribution in [3.05, 3.63) is 41.4 Å². The molecule has 0 saturated carbocycles. The van der Waals surface area contributed by atoms with Crippen LogP contribution in [0, 0.1) is 0 Å². The number of rotatable bonds is 6. The summed E-state index contributed by atoms with van der Waals surface area (Å²) in [6.45, 7) is 2.67. The third-order valence-electron chi connectivity index (χ3n) is 2.85. The molecule has 0 aliphatic heterocycles. The lowest BCUT2D eigenvalue weighted by Crippen LogP contribution is -2.22. The predicted octanol–water partition coefficient (Wildman–Crippen LogP) is 3.62. The number of carbonyl (C=O) groups is 1. The number of hydrogen-bond donors (Lipinski definition) is 1. The van der Waals surface area contributed by atoms with E-state index in [2.05, 4.69) is 23.3 Å². The monoisotopic (exact) mass is 274 g/mol. The van der Waals surface area contributed by atoms with Gasteiger partial charge in [-0.05, 0) is 18.1 Å². The number of thiazole rings is 1. The number of carbonyl (C=O) groups excluding carboxylic acids is 1. The molecule has 0 aliphatic rings. The average Bonchev–Trinajstić information content (AvgIpc) is 2.97. The molecule has 0 radical (unpaired) electrons. The zero-order valence-electron chi connectivity index (χ0n) is 11.1. The Morgan fingerprint density at radius 1 is 1.42 bits per heavy atom. The Bertz CT molecular complexity index is 523. The lowest BCUT2D eigenvalue weighted by molar-refractivity contribution is -0.121. The Morgan fingerprint density at radius 3 is 3.05 bits per heavy atom. The summed E-state index contributed by atoms with van der Waals surface area (Å²) in [6, 6.07) is 8.15.